The minimum absolute atomic E-state index is 0.0827. The number of rotatable bonds is 4. The summed E-state index contributed by atoms with van der Waals surface area (Å²) in [5.74, 6) is -1.19. The summed E-state index contributed by atoms with van der Waals surface area (Å²) in [6, 6.07) is 10.6. The molecule has 0 unspecified atom stereocenters. The molecule has 0 fully saturated rings. The van der Waals surface area contributed by atoms with Crippen molar-refractivity contribution in [2.24, 2.45) is 0 Å². The Hall–Kier alpha value is -1.94. The fourth-order valence-electron chi connectivity index (χ4n) is 1.74. The van der Waals surface area contributed by atoms with Gasteiger partial charge < -0.3 is 10.4 Å². The highest BCUT2D eigenvalue weighted by Gasteiger charge is 2.03. The Morgan fingerprint density at radius 2 is 1.67 bits per heavy atom. The molecule has 2 N–H and O–H groups in total. The van der Waals surface area contributed by atoms with Crippen LogP contribution in [-0.4, -0.2) is 5.11 Å². The van der Waals surface area contributed by atoms with Crippen LogP contribution in [0.3, 0.4) is 0 Å². The molecule has 0 aliphatic heterocycles. The molecule has 0 aromatic heterocycles. The number of para-hydroxylation sites is 1. The molecule has 0 heterocycles. The maximum atomic E-state index is 13.0. The molecule has 18 heavy (non-hydrogen) atoms. The predicted octanol–water partition coefficient (Wildman–Crippen LogP) is 3.07. The van der Waals surface area contributed by atoms with Gasteiger partial charge in [-0.3, -0.25) is 0 Å². The highest BCUT2D eigenvalue weighted by Crippen LogP contribution is 2.16. The van der Waals surface area contributed by atoms with Gasteiger partial charge in [-0.1, -0.05) is 18.2 Å². The third-order valence-electron chi connectivity index (χ3n) is 2.59. The van der Waals surface area contributed by atoms with E-state index < -0.39 is 11.6 Å². The van der Waals surface area contributed by atoms with Crippen molar-refractivity contribution in [1.29, 1.82) is 0 Å². The predicted molar refractivity (Wildman–Crippen MR) is 66.0 cm³/mol. The zero-order valence-corrected chi connectivity index (χ0v) is 9.66. The molecule has 0 bridgehead atoms. The average molecular weight is 249 g/mol. The van der Waals surface area contributed by atoms with Crippen LogP contribution in [0.1, 0.15) is 11.1 Å². The molecule has 2 aromatic carbocycles. The van der Waals surface area contributed by atoms with Crippen LogP contribution in [-0.2, 0) is 13.2 Å². The summed E-state index contributed by atoms with van der Waals surface area (Å²) in [6.07, 6.45) is 0. The smallest absolute Gasteiger partial charge is 0.126 e. The van der Waals surface area contributed by atoms with Gasteiger partial charge in [-0.15, -0.1) is 0 Å². The number of anilines is 1. The first-order valence-electron chi connectivity index (χ1n) is 5.56. The Bertz CT molecular complexity index is 523. The first-order chi connectivity index (χ1) is 8.69. The van der Waals surface area contributed by atoms with Crippen LogP contribution in [0.5, 0.6) is 0 Å². The summed E-state index contributed by atoms with van der Waals surface area (Å²) in [5.41, 5.74) is 2.01. The molecule has 0 amide bonds. The zero-order chi connectivity index (χ0) is 13.0. The molecule has 0 aliphatic carbocycles. The van der Waals surface area contributed by atoms with Gasteiger partial charge in [-0.25, -0.2) is 8.78 Å². The van der Waals surface area contributed by atoms with Crippen molar-refractivity contribution in [3.05, 3.63) is 65.2 Å². The lowest BCUT2D eigenvalue weighted by molar-refractivity contribution is 0.282. The fraction of sp³-hybridized carbons (Fsp3) is 0.143. The lowest BCUT2D eigenvalue weighted by Gasteiger charge is -2.10. The molecule has 0 aliphatic rings. The molecular formula is C14H13F2NO. The molecule has 2 aromatic rings. The summed E-state index contributed by atoms with van der Waals surface area (Å²) < 4.78 is 26.0. The van der Waals surface area contributed by atoms with E-state index >= 15 is 0 Å². The van der Waals surface area contributed by atoms with Gasteiger partial charge in [0.15, 0.2) is 0 Å². The fourth-order valence-corrected chi connectivity index (χ4v) is 1.74. The molecule has 0 spiro atoms. The van der Waals surface area contributed by atoms with E-state index in [0.29, 0.717) is 12.1 Å². The van der Waals surface area contributed by atoms with Crippen LogP contribution in [0, 0.1) is 11.6 Å². The Morgan fingerprint density at radius 3 is 2.33 bits per heavy atom. The first-order valence-corrected chi connectivity index (χ1v) is 5.56. The Morgan fingerprint density at radius 1 is 1.00 bits per heavy atom. The largest absolute Gasteiger partial charge is 0.392 e. The highest BCUT2D eigenvalue weighted by molar-refractivity contribution is 5.51. The van der Waals surface area contributed by atoms with Gasteiger partial charge in [0, 0.05) is 23.9 Å². The molecule has 0 saturated heterocycles. The Kier molecular flexibility index (Phi) is 3.89. The first kappa shape index (κ1) is 12.5. The van der Waals surface area contributed by atoms with Crippen molar-refractivity contribution in [1.82, 2.24) is 0 Å². The minimum Gasteiger partial charge on any atom is -0.392 e. The summed E-state index contributed by atoms with van der Waals surface area (Å²) in [7, 11) is 0. The van der Waals surface area contributed by atoms with Crippen molar-refractivity contribution in [3.8, 4) is 0 Å². The second kappa shape index (κ2) is 5.60. The SMILES string of the molecule is OCc1ccccc1NCc1cc(F)cc(F)c1. The molecule has 0 atom stereocenters. The number of hydrogen-bond acceptors (Lipinski definition) is 2. The number of aliphatic hydroxyl groups is 1. The van der Waals surface area contributed by atoms with Crippen molar-refractivity contribution < 1.29 is 13.9 Å². The highest BCUT2D eigenvalue weighted by atomic mass is 19.1. The van der Waals surface area contributed by atoms with Crippen LogP contribution in [0.2, 0.25) is 0 Å². The van der Waals surface area contributed by atoms with Crippen molar-refractivity contribution in [2.45, 2.75) is 13.2 Å². The lowest BCUT2D eigenvalue weighted by atomic mass is 10.1. The van der Waals surface area contributed by atoms with E-state index in [1.807, 2.05) is 12.1 Å². The van der Waals surface area contributed by atoms with Crippen LogP contribution in [0.25, 0.3) is 0 Å². The summed E-state index contributed by atoms with van der Waals surface area (Å²) in [5, 5.41) is 12.2. The van der Waals surface area contributed by atoms with E-state index in [-0.39, 0.29) is 6.61 Å². The standard InChI is InChI=1S/C14H13F2NO/c15-12-5-10(6-13(16)7-12)8-17-14-4-2-1-3-11(14)9-18/h1-7,17-18H,8-9H2. The molecule has 0 radical (unpaired) electrons. The van der Waals surface area contributed by atoms with Gasteiger partial charge in [0.1, 0.15) is 11.6 Å². The third kappa shape index (κ3) is 3.05. The average Bonchev–Trinajstić information content (AvgIpc) is 2.35. The van der Waals surface area contributed by atoms with Gasteiger partial charge in [-0.05, 0) is 23.8 Å². The Labute approximate surface area is 104 Å². The number of halogens is 2. The number of benzene rings is 2. The van der Waals surface area contributed by atoms with Gasteiger partial charge >= 0.3 is 0 Å². The van der Waals surface area contributed by atoms with E-state index in [4.69, 9.17) is 5.11 Å². The quantitative estimate of drug-likeness (QED) is 0.872. The third-order valence-corrected chi connectivity index (χ3v) is 2.59. The maximum absolute atomic E-state index is 13.0. The molecular weight excluding hydrogens is 236 g/mol. The molecule has 94 valence electrons. The van der Waals surface area contributed by atoms with Crippen LogP contribution in [0.4, 0.5) is 14.5 Å². The van der Waals surface area contributed by atoms with E-state index in [1.165, 1.54) is 12.1 Å². The Balaban J connectivity index is 2.11. The summed E-state index contributed by atoms with van der Waals surface area (Å²) in [6.45, 7) is 0.215. The number of nitrogens with one attached hydrogen (secondary N) is 1. The van der Waals surface area contributed by atoms with Crippen LogP contribution in [0.15, 0.2) is 42.5 Å². The molecule has 0 saturated carbocycles. The summed E-state index contributed by atoms with van der Waals surface area (Å²) >= 11 is 0. The second-order valence-electron chi connectivity index (χ2n) is 3.95. The second-order valence-corrected chi connectivity index (χ2v) is 3.95. The molecule has 2 nitrogen and oxygen atoms in total. The van der Waals surface area contributed by atoms with E-state index in [2.05, 4.69) is 5.32 Å². The molecule has 4 heteroatoms. The van der Waals surface area contributed by atoms with Crippen molar-refractivity contribution >= 4 is 5.69 Å². The van der Waals surface area contributed by atoms with Crippen LogP contribution >= 0.6 is 0 Å². The minimum atomic E-state index is -0.595. The van der Waals surface area contributed by atoms with E-state index in [9.17, 15) is 8.78 Å². The van der Waals surface area contributed by atoms with Gasteiger partial charge in [0.05, 0.1) is 6.61 Å². The van der Waals surface area contributed by atoms with E-state index in [0.717, 1.165) is 17.3 Å². The van der Waals surface area contributed by atoms with Gasteiger partial charge in [0.25, 0.3) is 0 Å². The normalized spacial score (nSPS) is 10.4. The number of aliphatic hydroxyl groups excluding tert-OH is 1. The van der Waals surface area contributed by atoms with Crippen LogP contribution < -0.4 is 5.32 Å². The summed E-state index contributed by atoms with van der Waals surface area (Å²) in [4.78, 5) is 0. The number of hydrogen-bond donors (Lipinski definition) is 2. The monoisotopic (exact) mass is 249 g/mol. The lowest BCUT2D eigenvalue weighted by Crippen LogP contribution is -2.03. The molecule has 2 rings (SSSR count). The topological polar surface area (TPSA) is 32.3 Å². The maximum Gasteiger partial charge on any atom is 0.126 e. The van der Waals surface area contributed by atoms with Crippen molar-refractivity contribution in [2.75, 3.05) is 5.32 Å². The zero-order valence-electron chi connectivity index (χ0n) is 9.66. The van der Waals surface area contributed by atoms with E-state index in [1.54, 1.807) is 12.1 Å². The van der Waals surface area contributed by atoms with Gasteiger partial charge in [-0.2, -0.15) is 0 Å². The van der Waals surface area contributed by atoms with Crippen molar-refractivity contribution in [3.63, 3.8) is 0 Å². The van der Waals surface area contributed by atoms with Gasteiger partial charge in [0.2, 0.25) is 0 Å².